The summed E-state index contributed by atoms with van der Waals surface area (Å²) in [4.78, 5) is 17.8. The third-order valence-corrected chi connectivity index (χ3v) is 3.71. The molecule has 0 saturated heterocycles. The number of aryl methyl sites for hydroxylation is 1. The average molecular weight is 317 g/mol. The van der Waals surface area contributed by atoms with Gasteiger partial charge in [0.05, 0.1) is 11.4 Å². The number of aromatic amines is 1. The van der Waals surface area contributed by atoms with E-state index in [9.17, 15) is 9.18 Å². The van der Waals surface area contributed by atoms with Gasteiger partial charge in [0.25, 0.3) is 0 Å². The number of H-pyrrole nitrogens is 1. The molecule has 7 nitrogen and oxygen atoms in total. The van der Waals surface area contributed by atoms with Gasteiger partial charge in [-0.25, -0.2) is 14.2 Å². The van der Waals surface area contributed by atoms with Crippen molar-refractivity contribution in [1.82, 2.24) is 19.7 Å². The maximum absolute atomic E-state index is 14.1. The number of hydrogen-bond donors (Lipinski definition) is 1. The summed E-state index contributed by atoms with van der Waals surface area (Å²) in [6.07, 6.45) is 1.22. The maximum Gasteiger partial charge on any atom is 0.347 e. The highest BCUT2D eigenvalue weighted by atomic mass is 32.1. The first-order valence-corrected chi connectivity index (χ1v) is 6.88. The predicted molar refractivity (Wildman–Crippen MR) is 75.8 cm³/mol. The molecule has 3 rings (SSSR count). The highest BCUT2D eigenvalue weighted by Crippen LogP contribution is 2.32. The molecule has 0 bridgehead atoms. The second-order valence-electron chi connectivity index (χ2n) is 4.23. The minimum Gasteiger partial charge on any atom is -0.442 e. The summed E-state index contributed by atoms with van der Waals surface area (Å²) in [6.45, 7) is 1.67. The van der Waals surface area contributed by atoms with Gasteiger partial charge in [-0.2, -0.15) is 15.0 Å². The van der Waals surface area contributed by atoms with Gasteiger partial charge in [0.1, 0.15) is 12.4 Å². The van der Waals surface area contributed by atoms with Gasteiger partial charge in [-0.05, 0) is 19.1 Å². The molecule has 110 valence electrons. The molecule has 2 aromatic heterocycles. The van der Waals surface area contributed by atoms with Crippen molar-refractivity contribution in [3.63, 3.8) is 0 Å². The van der Waals surface area contributed by atoms with Crippen molar-refractivity contribution in [3.8, 4) is 22.6 Å². The Bertz CT molecular complexity index is 937. The lowest BCUT2D eigenvalue weighted by Crippen LogP contribution is -2.16. The van der Waals surface area contributed by atoms with Crippen LogP contribution in [0, 0.1) is 24.1 Å². The van der Waals surface area contributed by atoms with Gasteiger partial charge < -0.3 is 4.74 Å². The van der Waals surface area contributed by atoms with E-state index in [1.807, 2.05) is 6.07 Å². The second-order valence-corrected chi connectivity index (χ2v) is 5.19. The number of ether oxygens (including phenoxy) is 1. The van der Waals surface area contributed by atoms with Crippen molar-refractivity contribution in [1.29, 1.82) is 5.26 Å². The molecule has 0 radical (unpaired) electrons. The predicted octanol–water partition coefficient (Wildman–Crippen LogP) is 2.13. The lowest BCUT2D eigenvalue weighted by molar-refractivity contribution is 0.448. The third-order valence-electron chi connectivity index (χ3n) is 2.77. The maximum atomic E-state index is 14.1. The topological polar surface area (TPSA) is 96.6 Å². The lowest BCUT2D eigenvalue weighted by atomic mass is 10.3. The zero-order valence-corrected chi connectivity index (χ0v) is 12.0. The largest absolute Gasteiger partial charge is 0.442 e. The van der Waals surface area contributed by atoms with Crippen LogP contribution < -0.4 is 10.4 Å². The number of nitrogens with one attached hydrogen (secondary N) is 1. The van der Waals surface area contributed by atoms with Crippen LogP contribution in [0.3, 0.4) is 0 Å². The van der Waals surface area contributed by atoms with Gasteiger partial charge in [0.2, 0.25) is 5.06 Å². The number of thiazole rings is 1. The summed E-state index contributed by atoms with van der Waals surface area (Å²) in [7, 11) is 0. The van der Waals surface area contributed by atoms with Gasteiger partial charge in [-0.3, -0.25) is 4.98 Å². The fraction of sp³-hybridized carbons (Fsp3) is 0.0769. The Morgan fingerprint density at radius 3 is 2.91 bits per heavy atom. The normalized spacial score (nSPS) is 10.4. The van der Waals surface area contributed by atoms with Gasteiger partial charge in [-0.15, -0.1) is 0 Å². The summed E-state index contributed by atoms with van der Waals surface area (Å²) in [5, 5.41) is 13.1. The highest BCUT2D eigenvalue weighted by Gasteiger charge is 2.13. The van der Waals surface area contributed by atoms with E-state index in [2.05, 4.69) is 15.1 Å². The molecule has 0 saturated carbocycles. The van der Waals surface area contributed by atoms with Crippen molar-refractivity contribution in [2.75, 3.05) is 0 Å². The van der Waals surface area contributed by atoms with Crippen molar-refractivity contribution < 1.29 is 9.13 Å². The lowest BCUT2D eigenvalue weighted by Gasteiger charge is -2.06. The van der Waals surface area contributed by atoms with Crippen LogP contribution in [-0.2, 0) is 0 Å². The fourth-order valence-corrected chi connectivity index (χ4v) is 2.50. The molecular formula is C13H8FN5O2S. The van der Waals surface area contributed by atoms with Crippen LogP contribution in [0.1, 0.15) is 10.7 Å². The van der Waals surface area contributed by atoms with Crippen LogP contribution in [0.25, 0.3) is 5.69 Å². The summed E-state index contributed by atoms with van der Waals surface area (Å²) in [6, 6.07) is 5.93. The Morgan fingerprint density at radius 2 is 2.32 bits per heavy atom. The molecule has 0 amide bonds. The Morgan fingerprint density at radius 1 is 1.50 bits per heavy atom. The van der Waals surface area contributed by atoms with Crippen LogP contribution in [0.2, 0.25) is 0 Å². The van der Waals surface area contributed by atoms with E-state index in [1.54, 1.807) is 6.92 Å². The summed E-state index contributed by atoms with van der Waals surface area (Å²) >= 11 is 1.03. The van der Waals surface area contributed by atoms with Gasteiger partial charge in [0, 0.05) is 6.07 Å². The zero-order chi connectivity index (χ0) is 15.7. The van der Waals surface area contributed by atoms with E-state index >= 15 is 0 Å². The number of aromatic nitrogens is 4. The first-order chi connectivity index (χ1) is 10.6. The first kappa shape index (κ1) is 14.0. The Balaban J connectivity index is 1.93. The van der Waals surface area contributed by atoms with Crippen LogP contribution in [0.15, 0.2) is 29.3 Å². The van der Waals surface area contributed by atoms with E-state index in [0.717, 1.165) is 22.1 Å². The second kappa shape index (κ2) is 5.42. The van der Waals surface area contributed by atoms with E-state index in [0.29, 0.717) is 10.8 Å². The smallest absolute Gasteiger partial charge is 0.347 e. The first-order valence-electron chi connectivity index (χ1n) is 6.06. The van der Waals surface area contributed by atoms with E-state index in [4.69, 9.17) is 10.00 Å². The number of nitrogens with zero attached hydrogens (tertiary/aromatic N) is 4. The highest BCUT2D eigenvalue weighted by molar-refractivity contribution is 7.14. The van der Waals surface area contributed by atoms with Crippen LogP contribution in [0.5, 0.6) is 10.8 Å². The Hall–Kier alpha value is -2.99. The molecule has 1 aromatic carbocycles. The van der Waals surface area contributed by atoms with E-state index in [1.165, 1.54) is 18.5 Å². The molecule has 0 fully saturated rings. The van der Waals surface area contributed by atoms with Crippen molar-refractivity contribution in [2.24, 2.45) is 0 Å². The summed E-state index contributed by atoms with van der Waals surface area (Å²) in [5.74, 6) is -0.678. The number of rotatable bonds is 3. The Labute approximate surface area is 127 Å². The molecule has 2 heterocycles. The minimum absolute atomic E-state index is 0.0245. The third kappa shape index (κ3) is 2.47. The molecule has 0 aliphatic rings. The molecule has 0 aliphatic heterocycles. The summed E-state index contributed by atoms with van der Waals surface area (Å²) < 4.78 is 20.6. The van der Waals surface area contributed by atoms with Gasteiger partial charge >= 0.3 is 5.69 Å². The number of benzene rings is 1. The van der Waals surface area contributed by atoms with Gasteiger partial charge in [-0.1, -0.05) is 11.3 Å². The monoisotopic (exact) mass is 317 g/mol. The molecule has 3 aromatic rings. The summed E-state index contributed by atoms with van der Waals surface area (Å²) in [5.41, 5.74) is 0.313. The minimum atomic E-state index is -0.654. The number of halogens is 1. The molecule has 0 atom stereocenters. The average Bonchev–Trinajstić information content (AvgIpc) is 3.07. The van der Waals surface area contributed by atoms with Crippen molar-refractivity contribution in [2.45, 2.75) is 6.92 Å². The molecule has 0 spiro atoms. The molecule has 1 N–H and O–H groups in total. The molecular weight excluding hydrogens is 309 g/mol. The number of nitriles is 1. The quantitative estimate of drug-likeness (QED) is 0.798. The Kier molecular flexibility index (Phi) is 3.44. The van der Waals surface area contributed by atoms with Crippen molar-refractivity contribution >= 4 is 11.3 Å². The molecule has 0 aliphatic carbocycles. The molecule has 9 heteroatoms. The van der Waals surface area contributed by atoms with Crippen LogP contribution in [-0.4, -0.2) is 19.7 Å². The van der Waals surface area contributed by atoms with E-state index in [-0.39, 0.29) is 16.4 Å². The van der Waals surface area contributed by atoms with Crippen LogP contribution in [0.4, 0.5) is 4.39 Å². The van der Waals surface area contributed by atoms with Gasteiger partial charge in [0.15, 0.2) is 16.6 Å². The molecule has 0 unspecified atom stereocenters. The standard InChI is InChI=1S/C13H8FN5O2S/c1-7-12(22-11(5-15)18-7)21-10-3-2-8(4-9(10)14)19-13(20)16-6-17-19/h2-4,6H,1H3,(H,16,17,20). The van der Waals surface area contributed by atoms with Crippen molar-refractivity contribution in [3.05, 3.63) is 51.5 Å². The van der Waals surface area contributed by atoms with E-state index < -0.39 is 11.5 Å². The molecule has 22 heavy (non-hydrogen) atoms. The number of hydrogen-bond acceptors (Lipinski definition) is 6. The SMILES string of the molecule is Cc1nc(C#N)sc1Oc1ccc(-n2nc[nH]c2=O)cc1F. The van der Waals surface area contributed by atoms with Crippen LogP contribution >= 0.6 is 11.3 Å². The fourth-order valence-electron chi connectivity index (χ4n) is 1.77. The zero-order valence-electron chi connectivity index (χ0n) is 11.2.